The summed E-state index contributed by atoms with van der Waals surface area (Å²) in [6.45, 7) is 5.27. The second-order valence-electron chi connectivity index (χ2n) is 11.3. The number of hydrogen-bond donors (Lipinski definition) is 1. The van der Waals surface area contributed by atoms with E-state index >= 15 is 8.78 Å². The Morgan fingerprint density at radius 3 is 2.65 bits per heavy atom. The molecule has 7 nitrogen and oxygen atoms in total. The van der Waals surface area contributed by atoms with E-state index in [4.69, 9.17) is 9.47 Å². The highest BCUT2D eigenvalue weighted by Gasteiger charge is 2.76. The molecule has 5 aliphatic rings. The van der Waals surface area contributed by atoms with Crippen LogP contribution < -0.4 is 0 Å². The normalized spacial score (nSPS) is 46.4. The highest BCUT2D eigenvalue weighted by atomic mass is 32.2. The highest BCUT2D eigenvalue weighted by Crippen LogP contribution is 2.70. The average Bonchev–Trinajstić information content (AvgIpc) is 3.34. The lowest BCUT2D eigenvalue weighted by molar-refractivity contribution is -0.217. The second kappa shape index (κ2) is 9.00. The van der Waals surface area contributed by atoms with E-state index in [0.717, 1.165) is 17.8 Å². The van der Waals surface area contributed by atoms with Gasteiger partial charge in [0.05, 0.1) is 12.7 Å². The third kappa shape index (κ3) is 3.61. The maximum Gasteiger partial charge on any atom is 0.319 e. The molecule has 0 radical (unpaired) electrons. The van der Waals surface area contributed by atoms with Crippen molar-refractivity contribution in [1.29, 1.82) is 0 Å². The van der Waals surface area contributed by atoms with Crippen LogP contribution in [0.2, 0.25) is 0 Å². The van der Waals surface area contributed by atoms with Crippen molar-refractivity contribution >= 4 is 34.6 Å². The summed E-state index contributed by atoms with van der Waals surface area (Å²) in [7, 11) is 0. The van der Waals surface area contributed by atoms with Gasteiger partial charge in [0, 0.05) is 36.0 Å². The minimum absolute atomic E-state index is 0.000724. The number of thioether (sulfide) groups is 1. The van der Waals surface area contributed by atoms with E-state index in [1.54, 1.807) is 20.8 Å². The fraction of sp³-hybridized carbons (Fsp3) is 0.704. The van der Waals surface area contributed by atoms with Gasteiger partial charge in [0.2, 0.25) is 5.12 Å². The molecular weight excluding hydrogens is 506 g/mol. The van der Waals surface area contributed by atoms with Gasteiger partial charge < -0.3 is 14.6 Å². The molecule has 4 aliphatic carbocycles. The van der Waals surface area contributed by atoms with Crippen molar-refractivity contribution in [2.24, 2.45) is 29.1 Å². The number of rotatable bonds is 4. The van der Waals surface area contributed by atoms with E-state index in [0.29, 0.717) is 6.42 Å². The minimum Gasteiger partial charge on any atom is -0.465 e. The monoisotopic (exact) mass is 538 g/mol. The Bertz CT molecular complexity index is 1110. The smallest absolute Gasteiger partial charge is 0.319 e. The molecule has 0 spiro atoms. The number of ether oxygens (including phenoxy) is 2. The first-order chi connectivity index (χ1) is 17.4. The van der Waals surface area contributed by atoms with Crippen LogP contribution in [0, 0.1) is 29.1 Å². The summed E-state index contributed by atoms with van der Waals surface area (Å²) in [6.07, 6.45) is 0.659. The summed E-state index contributed by atoms with van der Waals surface area (Å²) in [5.74, 6) is -4.78. The molecule has 10 atom stereocenters. The van der Waals surface area contributed by atoms with Crippen LogP contribution in [0.15, 0.2) is 23.8 Å². The molecular formula is C27H32F2O7S. The fourth-order valence-corrected chi connectivity index (χ4v) is 9.14. The van der Waals surface area contributed by atoms with E-state index < -0.39 is 80.7 Å². The maximum atomic E-state index is 17.1. The number of hydrogen-bond acceptors (Lipinski definition) is 8. The van der Waals surface area contributed by atoms with Crippen LogP contribution in [0.5, 0.6) is 0 Å². The molecule has 1 N–H and O–H groups in total. The number of carbonyl (C=O) groups excluding carboxylic acids is 4. The summed E-state index contributed by atoms with van der Waals surface area (Å²) in [5, 5.41) is 10.1. The Kier molecular flexibility index (Phi) is 6.46. The van der Waals surface area contributed by atoms with Gasteiger partial charge in [0.25, 0.3) is 0 Å². The van der Waals surface area contributed by atoms with Crippen molar-refractivity contribution in [2.45, 2.75) is 81.7 Å². The lowest BCUT2D eigenvalue weighted by Crippen LogP contribution is -2.68. The average molecular weight is 539 g/mol. The molecule has 0 bridgehead atoms. The number of ketones is 1. The topological polar surface area (TPSA) is 107 Å². The first-order valence-electron chi connectivity index (χ1n) is 12.9. The third-order valence-corrected chi connectivity index (χ3v) is 10.8. The molecule has 0 amide bonds. The molecule has 0 aromatic rings. The number of allylic oxidation sites excluding steroid dienone is 4. The lowest BCUT2D eigenvalue weighted by atomic mass is 9.48. The quantitative estimate of drug-likeness (QED) is 0.543. The van der Waals surface area contributed by atoms with Crippen LogP contribution in [0.4, 0.5) is 8.78 Å². The zero-order valence-corrected chi connectivity index (χ0v) is 21.9. The molecule has 1 heterocycles. The number of carbonyl (C=O) groups is 4. The van der Waals surface area contributed by atoms with Gasteiger partial charge in [-0.1, -0.05) is 38.6 Å². The van der Waals surface area contributed by atoms with Crippen LogP contribution in [-0.4, -0.2) is 63.3 Å². The molecule has 5 rings (SSSR count). The molecule has 1 aliphatic heterocycles. The number of alkyl halides is 2. The van der Waals surface area contributed by atoms with Gasteiger partial charge in [-0.05, 0) is 42.9 Å². The van der Waals surface area contributed by atoms with Crippen LogP contribution in [-0.2, 0) is 28.7 Å². The molecule has 0 aromatic carbocycles. The predicted octanol–water partition coefficient (Wildman–Crippen LogP) is 3.43. The van der Waals surface area contributed by atoms with Crippen molar-refractivity contribution in [3.63, 3.8) is 0 Å². The van der Waals surface area contributed by atoms with Gasteiger partial charge in [-0.25, -0.2) is 8.78 Å². The summed E-state index contributed by atoms with van der Waals surface area (Å²) in [4.78, 5) is 50.8. The zero-order valence-electron chi connectivity index (χ0n) is 21.1. The Morgan fingerprint density at radius 2 is 2.00 bits per heavy atom. The first-order valence-corrected chi connectivity index (χ1v) is 13.8. The van der Waals surface area contributed by atoms with Gasteiger partial charge in [-0.3, -0.25) is 19.2 Å². The van der Waals surface area contributed by atoms with Gasteiger partial charge >= 0.3 is 11.9 Å². The van der Waals surface area contributed by atoms with Gasteiger partial charge in [0.15, 0.2) is 11.4 Å². The van der Waals surface area contributed by atoms with E-state index in [1.807, 2.05) is 0 Å². The summed E-state index contributed by atoms with van der Waals surface area (Å²) in [6, 6.07) is 0. The Labute approximate surface area is 218 Å². The fourth-order valence-electron chi connectivity index (χ4n) is 7.85. The van der Waals surface area contributed by atoms with Crippen LogP contribution in [0.25, 0.3) is 0 Å². The third-order valence-electron chi connectivity index (χ3n) is 9.57. The van der Waals surface area contributed by atoms with Crippen LogP contribution in [0.1, 0.15) is 52.9 Å². The van der Waals surface area contributed by atoms with Crippen LogP contribution >= 0.6 is 11.8 Å². The van der Waals surface area contributed by atoms with Crippen molar-refractivity contribution in [2.75, 3.05) is 6.61 Å². The van der Waals surface area contributed by atoms with Gasteiger partial charge in [-0.15, -0.1) is 0 Å². The largest absolute Gasteiger partial charge is 0.465 e. The Morgan fingerprint density at radius 1 is 1.27 bits per heavy atom. The zero-order chi connectivity index (χ0) is 26.9. The van der Waals surface area contributed by atoms with Gasteiger partial charge in [0.1, 0.15) is 17.1 Å². The number of halogens is 2. The first kappa shape index (κ1) is 26.5. The van der Waals surface area contributed by atoms with Gasteiger partial charge in [-0.2, -0.15) is 0 Å². The van der Waals surface area contributed by atoms with E-state index in [-0.39, 0.29) is 37.9 Å². The summed E-state index contributed by atoms with van der Waals surface area (Å²) < 4.78 is 43.5. The lowest BCUT2D eigenvalue weighted by Gasteiger charge is -2.60. The molecule has 3 saturated carbocycles. The van der Waals surface area contributed by atoms with Crippen molar-refractivity contribution in [1.82, 2.24) is 0 Å². The Balaban J connectivity index is 1.58. The van der Waals surface area contributed by atoms with E-state index in [9.17, 15) is 24.3 Å². The second-order valence-corrected chi connectivity index (χ2v) is 12.5. The van der Waals surface area contributed by atoms with Crippen molar-refractivity contribution in [3.05, 3.63) is 23.8 Å². The Hall–Kier alpha value is -2.07. The predicted molar refractivity (Wildman–Crippen MR) is 130 cm³/mol. The standard InChI is InChI=1S/C27H32F2O7S/c1-4-22(32)36-27(24(34)37-20-7-8-35-23(20)33)13(2)9-17-18-11-19(28)15-10-14(30)5-6-16(15)26(18,29)21(31)12-25(17,27)3/h5-6,10,13,16-21,31H,4,7-9,11-12H2,1-3H3/t13-,16?,17?,18?,19+,20+,21+,25+,26+,27+/m1/s1. The maximum absolute atomic E-state index is 17.1. The van der Waals surface area contributed by atoms with Crippen molar-refractivity contribution < 1.29 is 42.5 Å². The van der Waals surface area contributed by atoms with E-state index in [1.165, 1.54) is 12.2 Å². The number of cyclic esters (lactones) is 1. The summed E-state index contributed by atoms with van der Waals surface area (Å²) >= 11 is 0.773. The molecule has 10 heteroatoms. The highest BCUT2D eigenvalue weighted by molar-refractivity contribution is 8.14. The number of aliphatic hydroxyl groups is 1. The molecule has 3 unspecified atom stereocenters. The SMILES string of the molecule is CCC(=O)O[C@]1(C(=O)S[C@H]2CCOC2=O)[C@H](C)CC2C3C[C@H](F)C4=CC(=O)C=CC4[C@@]3(F)[C@@H](O)C[C@@]21C. The minimum atomic E-state index is -2.24. The van der Waals surface area contributed by atoms with Crippen LogP contribution in [0.3, 0.4) is 0 Å². The number of esters is 2. The molecule has 202 valence electrons. The summed E-state index contributed by atoms with van der Waals surface area (Å²) in [5.41, 5.74) is -5.15. The number of aliphatic hydroxyl groups excluding tert-OH is 1. The molecule has 1 saturated heterocycles. The molecule has 4 fully saturated rings. The molecule has 0 aromatic heterocycles. The molecule has 37 heavy (non-hydrogen) atoms. The van der Waals surface area contributed by atoms with Crippen molar-refractivity contribution in [3.8, 4) is 0 Å². The number of fused-ring (bicyclic) bond motifs is 5. The van der Waals surface area contributed by atoms with E-state index in [2.05, 4.69) is 0 Å².